The summed E-state index contributed by atoms with van der Waals surface area (Å²) in [5, 5.41) is 0.728. The molecule has 1 fully saturated rings. The lowest BCUT2D eigenvalue weighted by Gasteiger charge is -2.25. The number of hydrogen-bond acceptors (Lipinski definition) is 5. The molecular weight excluding hydrogens is 294 g/mol. The standard InChI is InChI=1S/C18H21NO4/c1-22-14-6-5-13-11-15(18(21)23-17(13)12-14)16(20)7-10-19-8-3-2-4-9-19/h5-6,11-12H,2-4,7-10H2,1H3. The Bertz CT molecular complexity index is 759. The van der Waals surface area contributed by atoms with Crippen molar-refractivity contribution >= 4 is 16.8 Å². The van der Waals surface area contributed by atoms with E-state index in [1.807, 2.05) is 0 Å². The first kappa shape index (κ1) is 15.7. The molecule has 1 aliphatic rings. The van der Waals surface area contributed by atoms with Crippen molar-refractivity contribution in [3.05, 3.63) is 40.2 Å². The molecule has 122 valence electrons. The molecule has 0 bridgehead atoms. The van der Waals surface area contributed by atoms with Crippen LogP contribution in [0.25, 0.3) is 11.0 Å². The van der Waals surface area contributed by atoms with E-state index in [9.17, 15) is 9.59 Å². The number of benzene rings is 1. The van der Waals surface area contributed by atoms with Gasteiger partial charge in [0, 0.05) is 24.4 Å². The minimum absolute atomic E-state index is 0.139. The molecule has 0 atom stereocenters. The Morgan fingerprint density at radius 2 is 2.00 bits per heavy atom. The van der Waals surface area contributed by atoms with Gasteiger partial charge in [0.15, 0.2) is 5.78 Å². The Hall–Kier alpha value is -2.14. The molecule has 1 saturated heterocycles. The fourth-order valence-corrected chi connectivity index (χ4v) is 2.99. The minimum Gasteiger partial charge on any atom is -0.497 e. The maximum Gasteiger partial charge on any atom is 0.347 e. The molecule has 2 heterocycles. The van der Waals surface area contributed by atoms with Gasteiger partial charge in [0.25, 0.3) is 0 Å². The van der Waals surface area contributed by atoms with Crippen LogP contribution < -0.4 is 10.4 Å². The molecule has 1 aromatic heterocycles. The Kier molecular flexibility index (Phi) is 4.76. The number of nitrogens with zero attached hydrogens (tertiary/aromatic N) is 1. The second-order valence-electron chi connectivity index (χ2n) is 5.93. The maximum absolute atomic E-state index is 12.4. The monoisotopic (exact) mass is 315 g/mol. The van der Waals surface area contributed by atoms with Gasteiger partial charge in [0.05, 0.1) is 7.11 Å². The van der Waals surface area contributed by atoms with E-state index in [2.05, 4.69) is 4.90 Å². The van der Waals surface area contributed by atoms with E-state index in [0.717, 1.165) is 18.5 Å². The van der Waals surface area contributed by atoms with Gasteiger partial charge in [-0.25, -0.2) is 4.79 Å². The quantitative estimate of drug-likeness (QED) is 0.627. The van der Waals surface area contributed by atoms with Crippen molar-refractivity contribution in [1.82, 2.24) is 4.90 Å². The zero-order valence-corrected chi connectivity index (χ0v) is 13.3. The molecule has 0 N–H and O–H groups in total. The minimum atomic E-state index is -0.575. The van der Waals surface area contributed by atoms with Gasteiger partial charge < -0.3 is 14.1 Å². The van der Waals surface area contributed by atoms with Crippen LogP contribution in [0.3, 0.4) is 0 Å². The first-order valence-corrected chi connectivity index (χ1v) is 8.05. The fraction of sp³-hybridized carbons (Fsp3) is 0.444. The number of ketones is 1. The van der Waals surface area contributed by atoms with E-state index in [0.29, 0.717) is 24.3 Å². The zero-order chi connectivity index (χ0) is 16.2. The van der Waals surface area contributed by atoms with Crippen molar-refractivity contribution < 1.29 is 13.9 Å². The van der Waals surface area contributed by atoms with E-state index >= 15 is 0 Å². The molecule has 0 amide bonds. The van der Waals surface area contributed by atoms with Crippen molar-refractivity contribution in [3.8, 4) is 5.75 Å². The second kappa shape index (κ2) is 6.96. The smallest absolute Gasteiger partial charge is 0.347 e. The van der Waals surface area contributed by atoms with E-state index in [1.54, 1.807) is 31.4 Å². The van der Waals surface area contributed by atoms with Gasteiger partial charge in [-0.2, -0.15) is 0 Å². The van der Waals surface area contributed by atoms with Gasteiger partial charge in [-0.3, -0.25) is 4.79 Å². The third-order valence-electron chi connectivity index (χ3n) is 4.35. The fourth-order valence-electron chi connectivity index (χ4n) is 2.99. The summed E-state index contributed by atoms with van der Waals surface area (Å²) in [5.41, 5.74) is -0.00370. The highest BCUT2D eigenvalue weighted by Gasteiger charge is 2.16. The Balaban J connectivity index is 1.77. The normalized spacial score (nSPS) is 15.7. The van der Waals surface area contributed by atoms with E-state index < -0.39 is 5.63 Å². The number of likely N-dealkylation sites (tertiary alicyclic amines) is 1. The van der Waals surface area contributed by atoms with E-state index in [-0.39, 0.29) is 11.3 Å². The Morgan fingerprint density at radius 3 is 2.74 bits per heavy atom. The van der Waals surface area contributed by atoms with Crippen LogP contribution in [0.5, 0.6) is 5.75 Å². The highest BCUT2D eigenvalue weighted by molar-refractivity contribution is 5.98. The van der Waals surface area contributed by atoms with Crippen LogP contribution in [-0.4, -0.2) is 37.4 Å². The first-order valence-electron chi connectivity index (χ1n) is 8.05. The SMILES string of the molecule is COc1ccc2cc(C(=O)CCN3CCCCC3)c(=O)oc2c1. The third-order valence-corrected chi connectivity index (χ3v) is 4.35. The predicted octanol–water partition coefficient (Wildman–Crippen LogP) is 2.86. The summed E-state index contributed by atoms with van der Waals surface area (Å²) in [7, 11) is 1.55. The molecule has 3 rings (SSSR count). The van der Waals surface area contributed by atoms with Crippen molar-refractivity contribution in [2.75, 3.05) is 26.7 Å². The van der Waals surface area contributed by atoms with Crippen LogP contribution in [0, 0.1) is 0 Å². The topological polar surface area (TPSA) is 59.8 Å². The number of Topliss-reactive ketones (excluding diaryl/α,β-unsaturated/α-hetero) is 1. The number of carbonyl (C=O) groups excluding carboxylic acids is 1. The summed E-state index contributed by atoms with van der Waals surface area (Å²) in [5.74, 6) is 0.465. The summed E-state index contributed by atoms with van der Waals surface area (Å²) in [4.78, 5) is 26.7. The molecular formula is C18H21NO4. The molecule has 1 aromatic carbocycles. The number of hydrogen-bond donors (Lipinski definition) is 0. The average Bonchev–Trinajstić information content (AvgIpc) is 2.59. The van der Waals surface area contributed by atoms with E-state index in [1.165, 1.54) is 19.3 Å². The highest BCUT2D eigenvalue weighted by Crippen LogP contribution is 2.20. The Morgan fingerprint density at radius 1 is 1.22 bits per heavy atom. The lowest BCUT2D eigenvalue weighted by molar-refractivity contribution is 0.0955. The van der Waals surface area contributed by atoms with Crippen molar-refractivity contribution in [1.29, 1.82) is 0 Å². The number of piperidine rings is 1. The van der Waals surface area contributed by atoms with Crippen molar-refractivity contribution in [2.45, 2.75) is 25.7 Å². The number of fused-ring (bicyclic) bond motifs is 1. The van der Waals surface area contributed by atoms with Crippen LogP contribution in [0.2, 0.25) is 0 Å². The van der Waals surface area contributed by atoms with Crippen LogP contribution in [0.4, 0.5) is 0 Å². The van der Waals surface area contributed by atoms with Crippen LogP contribution >= 0.6 is 0 Å². The summed E-state index contributed by atoms with van der Waals surface area (Å²) < 4.78 is 10.4. The number of methoxy groups -OCH3 is 1. The van der Waals surface area contributed by atoms with Gasteiger partial charge in [-0.1, -0.05) is 6.42 Å². The molecule has 5 heteroatoms. The first-order chi connectivity index (χ1) is 11.2. The highest BCUT2D eigenvalue weighted by atomic mass is 16.5. The molecule has 5 nitrogen and oxygen atoms in total. The van der Waals surface area contributed by atoms with Gasteiger partial charge in [-0.15, -0.1) is 0 Å². The second-order valence-corrected chi connectivity index (χ2v) is 5.93. The van der Waals surface area contributed by atoms with Crippen LogP contribution in [0.15, 0.2) is 33.5 Å². The van der Waals surface area contributed by atoms with Crippen molar-refractivity contribution in [3.63, 3.8) is 0 Å². The van der Waals surface area contributed by atoms with Gasteiger partial charge in [0.2, 0.25) is 0 Å². The number of ether oxygens (including phenoxy) is 1. The van der Waals surface area contributed by atoms with Gasteiger partial charge in [-0.05, 0) is 44.1 Å². The van der Waals surface area contributed by atoms with Gasteiger partial charge in [0.1, 0.15) is 16.9 Å². The summed E-state index contributed by atoms with van der Waals surface area (Å²) in [6, 6.07) is 6.85. The number of carbonyl (C=O) groups is 1. The molecule has 0 unspecified atom stereocenters. The molecule has 0 radical (unpaired) electrons. The van der Waals surface area contributed by atoms with Crippen LogP contribution in [0.1, 0.15) is 36.0 Å². The maximum atomic E-state index is 12.4. The largest absolute Gasteiger partial charge is 0.497 e. The number of rotatable bonds is 5. The zero-order valence-electron chi connectivity index (χ0n) is 13.3. The summed E-state index contributed by atoms with van der Waals surface area (Å²) >= 11 is 0. The summed E-state index contributed by atoms with van der Waals surface area (Å²) in [6.07, 6.45) is 4.00. The molecule has 0 aliphatic carbocycles. The molecule has 0 saturated carbocycles. The van der Waals surface area contributed by atoms with Crippen LogP contribution in [-0.2, 0) is 0 Å². The van der Waals surface area contributed by atoms with Crippen molar-refractivity contribution in [2.24, 2.45) is 0 Å². The molecule has 2 aromatic rings. The predicted molar refractivity (Wildman–Crippen MR) is 88.3 cm³/mol. The average molecular weight is 315 g/mol. The molecule has 0 spiro atoms. The summed E-state index contributed by atoms with van der Waals surface area (Å²) in [6.45, 7) is 2.79. The lowest BCUT2D eigenvalue weighted by Crippen LogP contribution is -2.32. The molecule has 1 aliphatic heterocycles. The third kappa shape index (κ3) is 3.62. The lowest BCUT2D eigenvalue weighted by atomic mass is 10.1. The Labute approximate surface area is 134 Å². The van der Waals surface area contributed by atoms with Gasteiger partial charge >= 0.3 is 5.63 Å². The van der Waals surface area contributed by atoms with E-state index in [4.69, 9.17) is 9.15 Å². The molecule has 23 heavy (non-hydrogen) atoms.